The lowest BCUT2D eigenvalue weighted by atomic mass is 10.1. The highest BCUT2D eigenvalue weighted by Crippen LogP contribution is 2.19. The van der Waals surface area contributed by atoms with Crippen LogP contribution in [0.15, 0.2) is 48.5 Å². The SMILES string of the molecule is Cc1nc(-c2ccc(C(=O)OCC(=O)c3ccc(Cl)cc3)cc2)[nH]c1C. The van der Waals surface area contributed by atoms with Crippen LogP contribution in [0, 0.1) is 13.8 Å². The molecule has 0 atom stereocenters. The fourth-order valence-corrected chi connectivity index (χ4v) is 2.51. The molecule has 1 aromatic heterocycles. The molecule has 0 fully saturated rings. The third-order valence-corrected chi connectivity index (χ3v) is 4.27. The lowest BCUT2D eigenvalue weighted by Gasteiger charge is -2.05. The molecule has 0 unspecified atom stereocenters. The number of nitrogens with one attached hydrogen (secondary N) is 1. The van der Waals surface area contributed by atoms with Gasteiger partial charge in [0.25, 0.3) is 0 Å². The van der Waals surface area contributed by atoms with Crippen molar-refractivity contribution in [2.24, 2.45) is 0 Å². The summed E-state index contributed by atoms with van der Waals surface area (Å²) in [6.07, 6.45) is 0. The molecule has 3 aromatic rings. The van der Waals surface area contributed by atoms with Crippen LogP contribution in [0.4, 0.5) is 0 Å². The first-order valence-electron chi connectivity index (χ1n) is 8.03. The van der Waals surface area contributed by atoms with Gasteiger partial charge in [-0.25, -0.2) is 9.78 Å². The number of aromatic amines is 1. The van der Waals surface area contributed by atoms with Crippen LogP contribution in [0.2, 0.25) is 5.02 Å². The van der Waals surface area contributed by atoms with Crippen LogP contribution >= 0.6 is 11.6 Å². The summed E-state index contributed by atoms with van der Waals surface area (Å²) < 4.78 is 5.10. The third-order valence-electron chi connectivity index (χ3n) is 4.02. The number of H-pyrrole nitrogens is 1. The fraction of sp³-hybridized carbons (Fsp3) is 0.150. The average Bonchev–Trinajstić information content (AvgIpc) is 2.99. The van der Waals surface area contributed by atoms with Crippen molar-refractivity contribution in [3.05, 3.63) is 76.1 Å². The molecular weight excluding hydrogens is 352 g/mol. The van der Waals surface area contributed by atoms with Crippen LogP contribution < -0.4 is 0 Å². The number of rotatable bonds is 5. The third kappa shape index (κ3) is 4.00. The van der Waals surface area contributed by atoms with Gasteiger partial charge in [0.05, 0.1) is 11.3 Å². The highest BCUT2D eigenvalue weighted by atomic mass is 35.5. The number of Topliss-reactive ketones (excluding diaryl/α,β-unsaturated/α-hetero) is 1. The van der Waals surface area contributed by atoms with Gasteiger partial charge >= 0.3 is 5.97 Å². The Hall–Kier alpha value is -2.92. The summed E-state index contributed by atoms with van der Waals surface area (Å²) in [4.78, 5) is 31.8. The topological polar surface area (TPSA) is 72.0 Å². The molecule has 0 amide bonds. The van der Waals surface area contributed by atoms with Gasteiger partial charge in [-0.3, -0.25) is 4.79 Å². The largest absolute Gasteiger partial charge is 0.454 e. The van der Waals surface area contributed by atoms with Gasteiger partial charge in [-0.05, 0) is 50.2 Å². The van der Waals surface area contributed by atoms with Gasteiger partial charge in [0.1, 0.15) is 5.82 Å². The molecule has 5 nitrogen and oxygen atoms in total. The minimum absolute atomic E-state index is 0.284. The number of benzene rings is 2. The molecule has 0 aliphatic rings. The van der Waals surface area contributed by atoms with Gasteiger partial charge in [0.2, 0.25) is 0 Å². The lowest BCUT2D eigenvalue weighted by molar-refractivity contribution is 0.0475. The number of ketones is 1. The van der Waals surface area contributed by atoms with Crippen LogP contribution in [0.25, 0.3) is 11.4 Å². The van der Waals surface area contributed by atoms with Crippen molar-refractivity contribution >= 4 is 23.4 Å². The summed E-state index contributed by atoms with van der Waals surface area (Å²) >= 11 is 5.79. The van der Waals surface area contributed by atoms with Crippen molar-refractivity contribution in [1.82, 2.24) is 9.97 Å². The Balaban J connectivity index is 1.63. The van der Waals surface area contributed by atoms with E-state index in [-0.39, 0.29) is 12.4 Å². The second-order valence-corrected chi connectivity index (χ2v) is 6.32. The molecule has 3 rings (SSSR count). The molecule has 0 spiro atoms. The number of carbonyl (C=O) groups excluding carboxylic acids is 2. The number of esters is 1. The fourth-order valence-electron chi connectivity index (χ4n) is 2.38. The standard InChI is InChI=1S/C20H17ClN2O3/c1-12-13(2)23-19(22-12)15-3-5-16(6-4-15)20(25)26-11-18(24)14-7-9-17(21)10-8-14/h3-10H,11H2,1-2H3,(H,22,23). The van der Waals surface area contributed by atoms with Crippen molar-refractivity contribution in [2.75, 3.05) is 6.61 Å². The monoisotopic (exact) mass is 368 g/mol. The zero-order valence-electron chi connectivity index (χ0n) is 14.4. The Morgan fingerprint density at radius 3 is 2.19 bits per heavy atom. The van der Waals surface area contributed by atoms with Crippen LogP contribution in [-0.2, 0) is 4.74 Å². The van der Waals surface area contributed by atoms with Gasteiger partial charge in [0, 0.05) is 21.8 Å². The predicted molar refractivity (Wildman–Crippen MR) is 99.6 cm³/mol. The van der Waals surface area contributed by atoms with E-state index in [1.807, 2.05) is 13.8 Å². The predicted octanol–water partition coefficient (Wildman–Crippen LogP) is 4.39. The molecule has 0 aliphatic carbocycles. The number of nitrogens with zero attached hydrogens (tertiary/aromatic N) is 1. The van der Waals surface area contributed by atoms with E-state index in [0.717, 1.165) is 22.8 Å². The molecule has 0 aliphatic heterocycles. The van der Waals surface area contributed by atoms with E-state index in [4.69, 9.17) is 16.3 Å². The quantitative estimate of drug-likeness (QED) is 0.535. The first kappa shape index (κ1) is 17.9. The maximum atomic E-state index is 12.1. The molecule has 26 heavy (non-hydrogen) atoms. The molecule has 0 bridgehead atoms. The summed E-state index contributed by atoms with van der Waals surface area (Å²) in [5, 5.41) is 0.542. The first-order chi connectivity index (χ1) is 12.4. The number of halogens is 1. The molecule has 1 heterocycles. The Morgan fingerprint density at radius 1 is 1.00 bits per heavy atom. The molecule has 2 aromatic carbocycles. The molecule has 6 heteroatoms. The summed E-state index contributed by atoms with van der Waals surface area (Å²) in [7, 11) is 0. The first-order valence-corrected chi connectivity index (χ1v) is 8.41. The minimum Gasteiger partial charge on any atom is -0.454 e. The van der Waals surface area contributed by atoms with Gasteiger partial charge < -0.3 is 9.72 Å². The highest BCUT2D eigenvalue weighted by Gasteiger charge is 2.13. The van der Waals surface area contributed by atoms with Crippen molar-refractivity contribution in [1.29, 1.82) is 0 Å². The molecule has 1 N–H and O–H groups in total. The van der Waals surface area contributed by atoms with Crippen molar-refractivity contribution in [2.45, 2.75) is 13.8 Å². The number of hydrogen-bond acceptors (Lipinski definition) is 4. The summed E-state index contributed by atoms with van der Waals surface area (Å²) in [6.45, 7) is 3.56. The maximum Gasteiger partial charge on any atom is 0.338 e. The number of hydrogen-bond donors (Lipinski definition) is 1. The van der Waals surface area contributed by atoms with E-state index in [2.05, 4.69) is 9.97 Å². The van der Waals surface area contributed by atoms with Crippen LogP contribution in [0.3, 0.4) is 0 Å². The van der Waals surface area contributed by atoms with Gasteiger partial charge in [-0.15, -0.1) is 0 Å². The van der Waals surface area contributed by atoms with Crippen molar-refractivity contribution in [3.8, 4) is 11.4 Å². The van der Waals surface area contributed by atoms with E-state index < -0.39 is 5.97 Å². The van der Waals surface area contributed by atoms with Crippen LogP contribution in [0.5, 0.6) is 0 Å². The van der Waals surface area contributed by atoms with E-state index in [0.29, 0.717) is 16.1 Å². The number of ether oxygens (including phenoxy) is 1. The van der Waals surface area contributed by atoms with E-state index >= 15 is 0 Å². The number of aromatic nitrogens is 2. The number of aryl methyl sites for hydroxylation is 2. The molecule has 0 radical (unpaired) electrons. The molecular formula is C20H17ClN2O3. The zero-order valence-corrected chi connectivity index (χ0v) is 15.1. The summed E-state index contributed by atoms with van der Waals surface area (Å²) in [5.74, 6) is -0.0864. The normalized spacial score (nSPS) is 10.6. The Kier molecular flexibility index (Phi) is 5.19. The molecule has 0 saturated carbocycles. The van der Waals surface area contributed by atoms with Crippen molar-refractivity contribution in [3.63, 3.8) is 0 Å². The smallest absolute Gasteiger partial charge is 0.338 e. The van der Waals surface area contributed by atoms with Gasteiger partial charge in [0.15, 0.2) is 12.4 Å². The van der Waals surface area contributed by atoms with E-state index in [1.165, 1.54) is 0 Å². The van der Waals surface area contributed by atoms with Crippen LogP contribution in [0.1, 0.15) is 32.1 Å². The second-order valence-electron chi connectivity index (χ2n) is 5.88. The van der Waals surface area contributed by atoms with E-state index in [9.17, 15) is 9.59 Å². The number of imidazole rings is 1. The highest BCUT2D eigenvalue weighted by molar-refractivity contribution is 6.30. The van der Waals surface area contributed by atoms with Crippen LogP contribution in [-0.4, -0.2) is 28.3 Å². The van der Waals surface area contributed by atoms with E-state index in [1.54, 1.807) is 48.5 Å². The zero-order chi connectivity index (χ0) is 18.7. The van der Waals surface area contributed by atoms with Crippen molar-refractivity contribution < 1.29 is 14.3 Å². The molecule has 0 saturated heterocycles. The Labute approximate surface area is 156 Å². The summed E-state index contributed by atoms with van der Waals surface area (Å²) in [6, 6.07) is 13.3. The Bertz CT molecular complexity index is 925. The lowest BCUT2D eigenvalue weighted by Crippen LogP contribution is -2.14. The van der Waals surface area contributed by atoms with Gasteiger partial charge in [-0.2, -0.15) is 0 Å². The number of carbonyl (C=O) groups is 2. The average molecular weight is 369 g/mol. The maximum absolute atomic E-state index is 12.1. The summed E-state index contributed by atoms with van der Waals surface area (Å²) in [5.41, 5.74) is 3.63. The second kappa shape index (κ2) is 7.54. The minimum atomic E-state index is -0.550. The Morgan fingerprint density at radius 2 is 1.62 bits per heavy atom. The van der Waals surface area contributed by atoms with Gasteiger partial charge in [-0.1, -0.05) is 23.7 Å². The molecule has 132 valence electrons.